The maximum atomic E-state index is 12.9. The Morgan fingerprint density at radius 3 is 2.19 bits per heavy atom. The van der Waals surface area contributed by atoms with Gasteiger partial charge in [0.1, 0.15) is 0 Å². The zero-order valence-electron chi connectivity index (χ0n) is 15.0. The van der Waals surface area contributed by atoms with Crippen molar-refractivity contribution in [1.29, 1.82) is 0 Å². The van der Waals surface area contributed by atoms with Crippen LogP contribution in [-0.2, 0) is 12.6 Å². The van der Waals surface area contributed by atoms with Crippen molar-refractivity contribution in [2.24, 2.45) is 5.73 Å². The van der Waals surface area contributed by atoms with Gasteiger partial charge in [-0.1, -0.05) is 24.3 Å². The normalized spacial score (nSPS) is 12.1. The smallest absolute Gasteiger partial charge is 0.354 e. The highest BCUT2D eigenvalue weighted by Gasteiger charge is 2.30. The lowest BCUT2D eigenvalue weighted by Gasteiger charge is -2.09. The largest absolute Gasteiger partial charge is 0.416 e. The van der Waals surface area contributed by atoms with Crippen molar-refractivity contribution < 1.29 is 13.2 Å². The zero-order valence-corrected chi connectivity index (χ0v) is 15.0. The van der Waals surface area contributed by atoms with Crippen LogP contribution >= 0.6 is 0 Å². The van der Waals surface area contributed by atoms with Gasteiger partial charge >= 0.3 is 6.18 Å². The molecule has 0 aliphatic carbocycles. The molecule has 0 amide bonds. The lowest BCUT2D eigenvalue weighted by molar-refractivity contribution is -0.137. The Labute approximate surface area is 151 Å². The summed E-state index contributed by atoms with van der Waals surface area (Å²) >= 11 is 0. The van der Waals surface area contributed by atoms with Crippen LogP contribution in [0.2, 0.25) is 0 Å². The molecule has 0 radical (unpaired) electrons. The van der Waals surface area contributed by atoms with Crippen LogP contribution < -0.4 is 5.73 Å². The van der Waals surface area contributed by atoms with Gasteiger partial charge in [-0.2, -0.15) is 13.2 Å². The minimum absolute atomic E-state index is 0.630. The number of unbranched alkanes of at least 4 members (excludes halogenated alkanes) is 1. The molecule has 0 unspecified atom stereocenters. The van der Waals surface area contributed by atoms with Gasteiger partial charge in [-0.15, -0.1) is 0 Å². The van der Waals surface area contributed by atoms with Gasteiger partial charge in [0, 0.05) is 16.6 Å². The topological polar surface area (TPSA) is 41.8 Å². The minimum atomic E-state index is -4.32. The van der Waals surface area contributed by atoms with Crippen LogP contribution in [0.25, 0.3) is 22.2 Å². The summed E-state index contributed by atoms with van der Waals surface area (Å²) in [6, 6.07) is 9.53. The first-order valence-corrected chi connectivity index (χ1v) is 8.81. The Morgan fingerprint density at radius 1 is 0.923 bits per heavy atom. The molecule has 0 saturated carbocycles. The molecule has 0 aliphatic rings. The molecule has 5 heteroatoms. The number of hydrogen-bond acceptors (Lipinski definition) is 1. The van der Waals surface area contributed by atoms with Gasteiger partial charge in [-0.25, -0.2) is 0 Å². The van der Waals surface area contributed by atoms with Crippen LogP contribution in [0.4, 0.5) is 13.2 Å². The second-order valence-corrected chi connectivity index (χ2v) is 6.75. The predicted molar refractivity (Wildman–Crippen MR) is 100 cm³/mol. The van der Waals surface area contributed by atoms with Crippen LogP contribution in [0.15, 0.2) is 36.4 Å². The van der Waals surface area contributed by atoms with E-state index in [1.54, 1.807) is 12.1 Å². The molecule has 1 heterocycles. The zero-order chi connectivity index (χ0) is 18.9. The van der Waals surface area contributed by atoms with Crippen molar-refractivity contribution >= 4 is 10.9 Å². The summed E-state index contributed by atoms with van der Waals surface area (Å²) in [5.41, 5.74) is 11.2. The summed E-state index contributed by atoms with van der Waals surface area (Å²) in [7, 11) is 0. The Morgan fingerprint density at radius 2 is 1.58 bits per heavy atom. The molecular weight excluding hydrogens is 337 g/mol. The first-order chi connectivity index (χ1) is 12.3. The molecule has 2 nitrogen and oxygen atoms in total. The second-order valence-electron chi connectivity index (χ2n) is 6.75. The summed E-state index contributed by atoms with van der Waals surface area (Å²) in [6.07, 6.45) is -1.61. The van der Waals surface area contributed by atoms with Crippen molar-refractivity contribution in [1.82, 2.24) is 4.98 Å². The van der Waals surface area contributed by atoms with E-state index in [1.807, 2.05) is 6.92 Å². The highest BCUT2D eigenvalue weighted by atomic mass is 19.4. The number of nitrogens with two attached hydrogens (primary N) is 1. The third-order valence-electron chi connectivity index (χ3n) is 4.86. The standard InChI is InChI=1S/C21H23F3N2/c1-13-6-7-14(2)19-18(13)17(5-3-4-12-25)20(26-19)15-8-10-16(11-9-15)21(22,23)24/h6-11,26H,3-5,12,25H2,1-2H3. The number of alkyl halides is 3. The lowest BCUT2D eigenvalue weighted by atomic mass is 9.96. The number of aromatic nitrogens is 1. The number of halogens is 3. The van der Waals surface area contributed by atoms with Gasteiger partial charge in [0.15, 0.2) is 0 Å². The Kier molecular flexibility index (Phi) is 5.10. The molecule has 138 valence electrons. The number of aryl methyl sites for hydroxylation is 3. The number of aromatic amines is 1. The maximum absolute atomic E-state index is 12.9. The fourth-order valence-corrected chi connectivity index (χ4v) is 3.45. The van der Waals surface area contributed by atoms with Crippen molar-refractivity contribution in [3.63, 3.8) is 0 Å². The lowest BCUT2D eigenvalue weighted by Crippen LogP contribution is -2.04. The van der Waals surface area contributed by atoms with Gasteiger partial charge in [0.25, 0.3) is 0 Å². The monoisotopic (exact) mass is 360 g/mol. The van der Waals surface area contributed by atoms with Gasteiger partial charge in [0.2, 0.25) is 0 Å². The average molecular weight is 360 g/mol. The van der Waals surface area contributed by atoms with Crippen molar-refractivity contribution in [3.8, 4) is 11.3 Å². The number of benzene rings is 2. The first kappa shape index (κ1) is 18.5. The van der Waals surface area contributed by atoms with Crippen molar-refractivity contribution in [2.75, 3.05) is 6.54 Å². The van der Waals surface area contributed by atoms with Crippen LogP contribution in [0.1, 0.15) is 35.1 Å². The van der Waals surface area contributed by atoms with E-state index in [0.717, 1.165) is 59.3 Å². The SMILES string of the molecule is Cc1ccc(C)c2c(CCCCN)c(-c3ccc(C(F)(F)F)cc3)[nH]c12. The van der Waals surface area contributed by atoms with E-state index in [-0.39, 0.29) is 0 Å². The molecule has 0 saturated heterocycles. The van der Waals surface area contributed by atoms with Gasteiger partial charge in [-0.3, -0.25) is 0 Å². The quantitative estimate of drug-likeness (QED) is 0.559. The van der Waals surface area contributed by atoms with Crippen LogP contribution in [-0.4, -0.2) is 11.5 Å². The molecule has 2 aromatic carbocycles. The third-order valence-corrected chi connectivity index (χ3v) is 4.86. The molecule has 3 aromatic rings. The molecule has 0 spiro atoms. The van der Waals surface area contributed by atoms with E-state index in [1.165, 1.54) is 10.9 Å². The van der Waals surface area contributed by atoms with Crippen LogP contribution in [0, 0.1) is 13.8 Å². The predicted octanol–water partition coefficient (Wildman–Crippen LogP) is 5.75. The van der Waals surface area contributed by atoms with Crippen LogP contribution in [0.5, 0.6) is 0 Å². The molecule has 0 fully saturated rings. The Balaban J connectivity index is 2.13. The van der Waals surface area contributed by atoms with Gasteiger partial charge in [0.05, 0.1) is 5.56 Å². The summed E-state index contributed by atoms with van der Waals surface area (Å²) in [5, 5.41) is 1.18. The van der Waals surface area contributed by atoms with Gasteiger partial charge < -0.3 is 10.7 Å². The average Bonchev–Trinajstić information content (AvgIpc) is 2.99. The molecule has 3 N–H and O–H groups in total. The van der Waals surface area contributed by atoms with E-state index in [4.69, 9.17) is 5.73 Å². The second kappa shape index (κ2) is 7.16. The van der Waals surface area contributed by atoms with Gasteiger partial charge in [-0.05, 0) is 74.0 Å². The number of nitrogens with one attached hydrogen (secondary N) is 1. The van der Waals surface area contributed by atoms with Crippen molar-refractivity contribution in [2.45, 2.75) is 39.3 Å². The summed E-state index contributed by atoms with van der Waals surface area (Å²) in [5.74, 6) is 0. The highest BCUT2D eigenvalue weighted by molar-refractivity contribution is 5.95. The molecular formula is C21H23F3N2. The first-order valence-electron chi connectivity index (χ1n) is 8.81. The molecule has 3 rings (SSSR count). The van der Waals surface area contributed by atoms with E-state index >= 15 is 0 Å². The maximum Gasteiger partial charge on any atom is 0.416 e. The number of hydrogen-bond donors (Lipinski definition) is 2. The molecule has 26 heavy (non-hydrogen) atoms. The van der Waals surface area contributed by atoms with E-state index in [2.05, 4.69) is 24.0 Å². The Bertz CT molecular complexity index is 906. The fourth-order valence-electron chi connectivity index (χ4n) is 3.45. The third kappa shape index (κ3) is 3.49. The molecule has 0 aliphatic heterocycles. The van der Waals surface area contributed by atoms with E-state index < -0.39 is 11.7 Å². The summed E-state index contributed by atoms with van der Waals surface area (Å²) < 4.78 is 38.6. The highest BCUT2D eigenvalue weighted by Crippen LogP contribution is 2.36. The number of fused-ring (bicyclic) bond motifs is 1. The van der Waals surface area contributed by atoms with E-state index in [0.29, 0.717) is 6.54 Å². The molecule has 1 aromatic heterocycles. The fraction of sp³-hybridized carbons (Fsp3) is 0.333. The van der Waals surface area contributed by atoms with E-state index in [9.17, 15) is 13.2 Å². The molecule has 0 bridgehead atoms. The minimum Gasteiger partial charge on any atom is -0.354 e. The summed E-state index contributed by atoms with van der Waals surface area (Å²) in [6.45, 7) is 4.74. The molecule has 0 atom stereocenters. The number of rotatable bonds is 5. The van der Waals surface area contributed by atoms with Crippen molar-refractivity contribution in [3.05, 3.63) is 58.7 Å². The van der Waals surface area contributed by atoms with Crippen LogP contribution in [0.3, 0.4) is 0 Å². The summed E-state index contributed by atoms with van der Waals surface area (Å²) in [4.78, 5) is 3.46. The number of H-pyrrole nitrogens is 1. The Hall–Kier alpha value is -2.27.